The number of hydrazine groups is 1. The number of carboxylic acid groups (broad SMARTS) is 1. The molecule has 2 aliphatic rings. The van der Waals surface area contributed by atoms with Crippen molar-refractivity contribution in [3.8, 4) is 0 Å². The molecular weight excluding hydrogens is 316 g/mol. The predicted octanol–water partition coefficient (Wildman–Crippen LogP) is 1.87. The van der Waals surface area contributed by atoms with Crippen LogP contribution in [0.2, 0.25) is 0 Å². The normalized spacial score (nSPS) is 28.6. The maximum atomic E-state index is 12.4. The summed E-state index contributed by atoms with van der Waals surface area (Å²) in [5, 5.41) is 11.1. The van der Waals surface area contributed by atoms with Crippen LogP contribution in [-0.2, 0) is 9.59 Å². The molecule has 6 nitrogen and oxygen atoms in total. The van der Waals surface area contributed by atoms with E-state index in [1.165, 1.54) is 11.3 Å². The lowest BCUT2D eigenvalue weighted by Gasteiger charge is -2.26. The quantitative estimate of drug-likeness (QED) is 0.734. The van der Waals surface area contributed by atoms with Crippen molar-refractivity contribution in [1.29, 1.82) is 0 Å². The number of rotatable bonds is 3. The van der Waals surface area contributed by atoms with Gasteiger partial charge in [0.2, 0.25) is 5.91 Å². The molecule has 7 heteroatoms. The molecule has 2 saturated carbocycles. The minimum absolute atomic E-state index is 0.0886. The molecule has 3 rings (SSSR count). The van der Waals surface area contributed by atoms with Crippen LogP contribution < -0.4 is 10.9 Å². The third-order valence-electron chi connectivity index (χ3n) is 5.33. The second-order valence-electron chi connectivity index (χ2n) is 6.50. The van der Waals surface area contributed by atoms with Gasteiger partial charge in [0, 0.05) is 10.3 Å². The zero-order valence-corrected chi connectivity index (χ0v) is 13.9. The molecule has 2 fully saturated rings. The second-order valence-corrected chi connectivity index (χ2v) is 7.58. The minimum Gasteiger partial charge on any atom is -0.481 e. The van der Waals surface area contributed by atoms with E-state index in [0.717, 1.165) is 29.7 Å². The number of hydrogen-bond acceptors (Lipinski definition) is 4. The third-order valence-corrected chi connectivity index (χ3v) is 6.35. The molecule has 0 aliphatic heterocycles. The molecule has 0 radical (unpaired) electrons. The average Bonchev–Trinajstić information content (AvgIpc) is 3.20. The number of carboxylic acids is 1. The highest BCUT2D eigenvalue weighted by Gasteiger charge is 2.54. The van der Waals surface area contributed by atoms with Gasteiger partial charge in [-0.15, -0.1) is 11.3 Å². The van der Waals surface area contributed by atoms with Crippen LogP contribution in [0.3, 0.4) is 0 Å². The van der Waals surface area contributed by atoms with E-state index in [1.54, 1.807) is 5.38 Å². The Morgan fingerprint density at radius 1 is 1.13 bits per heavy atom. The van der Waals surface area contributed by atoms with Crippen LogP contribution in [0.4, 0.5) is 0 Å². The summed E-state index contributed by atoms with van der Waals surface area (Å²) in [4.78, 5) is 37.0. The van der Waals surface area contributed by atoms with Crippen molar-refractivity contribution in [1.82, 2.24) is 10.9 Å². The Hall–Kier alpha value is -1.89. The molecule has 2 aliphatic carbocycles. The molecule has 3 N–H and O–H groups in total. The van der Waals surface area contributed by atoms with Crippen molar-refractivity contribution < 1.29 is 19.5 Å². The van der Waals surface area contributed by atoms with Gasteiger partial charge in [-0.1, -0.05) is 0 Å². The van der Waals surface area contributed by atoms with E-state index < -0.39 is 17.8 Å². The fourth-order valence-corrected chi connectivity index (χ4v) is 4.90. The topological polar surface area (TPSA) is 95.5 Å². The Morgan fingerprint density at radius 2 is 1.78 bits per heavy atom. The van der Waals surface area contributed by atoms with Crippen LogP contribution in [0.25, 0.3) is 0 Å². The molecule has 1 aromatic heterocycles. The molecule has 0 unspecified atom stereocenters. The highest BCUT2D eigenvalue weighted by Crippen LogP contribution is 2.52. The number of nitrogens with one attached hydrogen (secondary N) is 2. The average molecular weight is 336 g/mol. The van der Waals surface area contributed by atoms with E-state index in [-0.39, 0.29) is 23.7 Å². The molecule has 1 heterocycles. The first-order valence-corrected chi connectivity index (χ1v) is 8.65. The van der Waals surface area contributed by atoms with E-state index >= 15 is 0 Å². The van der Waals surface area contributed by atoms with Crippen LogP contribution in [0, 0.1) is 37.5 Å². The van der Waals surface area contributed by atoms with Crippen molar-refractivity contribution in [2.24, 2.45) is 23.7 Å². The van der Waals surface area contributed by atoms with Gasteiger partial charge in [0.05, 0.1) is 17.4 Å². The van der Waals surface area contributed by atoms with Crippen LogP contribution in [0.5, 0.6) is 0 Å². The number of carbonyl (C=O) groups excluding carboxylic acids is 2. The largest absolute Gasteiger partial charge is 0.481 e. The molecule has 2 amide bonds. The fourth-order valence-electron chi connectivity index (χ4n) is 4.03. The summed E-state index contributed by atoms with van der Waals surface area (Å²) < 4.78 is 0. The summed E-state index contributed by atoms with van der Waals surface area (Å²) in [5.74, 6) is -2.63. The van der Waals surface area contributed by atoms with Gasteiger partial charge in [-0.2, -0.15) is 0 Å². The lowest BCUT2D eigenvalue weighted by molar-refractivity contribution is -0.149. The minimum atomic E-state index is -0.909. The van der Waals surface area contributed by atoms with Crippen molar-refractivity contribution in [2.75, 3.05) is 0 Å². The van der Waals surface area contributed by atoms with Crippen LogP contribution in [0.1, 0.15) is 40.1 Å². The Morgan fingerprint density at radius 3 is 2.35 bits per heavy atom. The first-order chi connectivity index (χ1) is 10.9. The molecule has 1 aromatic rings. The Bertz CT molecular complexity index is 669. The van der Waals surface area contributed by atoms with Crippen LogP contribution in [-0.4, -0.2) is 22.9 Å². The molecule has 124 valence electrons. The summed E-state index contributed by atoms with van der Waals surface area (Å²) in [7, 11) is 0. The molecular formula is C16H20N2O4S. The van der Waals surface area contributed by atoms with Crippen molar-refractivity contribution in [2.45, 2.75) is 33.1 Å². The standard InChI is InChI=1S/C16H20N2O4S/c1-7-8(2)23-6-11(7)14(19)17-18-15(20)12-9-3-4-10(5-9)13(12)16(21)22/h6,9-10,12-13H,3-5H2,1-2H3,(H,17,19)(H,18,20)(H,21,22)/t9-,10-,12-,13+/m0/s1. The maximum Gasteiger partial charge on any atom is 0.307 e. The van der Waals surface area contributed by atoms with Gasteiger partial charge in [0.25, 0.3) is 5.91 Å². The summed E-state index contributed by atoms with van der Waals surface area (Å²) >= 11 is 1.48. The lowest BCUT2D eigenvalue weighted by atomic mass is 9.79. The SMILES string of the molecule is Cc1scc(C(=O)NNC(=O)[C@H]2[C@H]3CC[C@@H](C3)[C@H]2C(=O)O)c1C. The summed E-state index contributed by atoms with van der Waals surface area (Å²) in [6.07, 6.45) is 2.57. The second kappa shape index (κ2) is 5.96. The number of amides is 2. The van der Waals surface area contributed by atoms with Crippen molar-refractivity contribution in [3.63, 3.8) is 0 Å². The predicted molar refractivity (Wildman–Crippen MR) is 84.8 cm³/mol. The number of fused-ring (bicyclic) bond motifs is 2. The fraction of sp³-hybridized carbons (Fsp3) is 0.562. The monoisotopic (exact) mass is 336 g/mol. The van der Waals surface area contributed by atoms with Gasteiger partial charge in [-0.25, -0.2) is 0 Å². The molecule has 0 spiro atoms. The van der Waals surface area contributed by atoms with E-state index in [4.69, 9.17) is 0 Å². The van der Waals surface area contributed by atoms with Gasteiger partial charge in [-0.05, 0) is 50.5 Å². The molecule has 4 atom stereocenters. The number of hydrogen-bond donors (Lipinski definition) is 3. The zero-order chi connectivity index (χ0) is 16.7. The first-order valence-electron chi connectivity index (χ1n) is 7.77. The molecule has 0 saturated heterocycles. The van der Waals surface area contributed by atoms with Crippen molar-refractivity contribution in [3.05, 3.63) is 21.4 Å². The molecule has 2 bridgehead atoms. The Kier molecular flexibility index (Phi) is 4.14. The highest BCUT2D eigenvalue weighted by atomic mass is 32.1. The number of aryl methyl sites for hydroxylation is 1. The van der Waals surface area contributed by atoms with Gasteiger partial charge >= 0.3 is 5.97 Å². The number of thiophene rings is 1. The Labute approximate surface area is 138 Å². The van der Waals surface area contributed by atoms with Crippen LogP contribution >= 0.6 is 11.3 Å². The smallest absolute Gasteiger partial charge is 0.307 e. The summed E-state index contributed by atoms with van der Waals surface area (Å²) in [6, 6.07) is 0. The van der Waals surface area contributed by atoms with E-state index in [1.807, 2.05) is 13.8 Å². The van der Waals surface area contributed by atoms with Gasteiger partial charge in [0.1, 0.15) is 0 Å². The van der Waals surface area contributed by atoms with Crippen molar-refractivity contribution >= 4 is 29.1 Å². The highest BCUT2D eigenvalue weighted by molar-refractivity contribution is 7.10. The number of carbonyl (C=O) groups is 3. The van der Waals surface area contributed by atoms with Gasteiger partial charge in [-0.3, -0.25) is 25.2 Å². The van der Waals surface area contributed by atoms with Crippen LogP contribution in [0.15, 0.2) is 5.38 Å². The van der Waals surface area contributed by atoms with Gasteiger partial charge < -0.3 is 5.11 Å². The summed E-state index contributed by atoms with van der Waals surface area (Å²) in [6.45, 7) is 3.79. The molecule has 0 aromatic carbocycles. The van der Waals surface area contributed by atoms with E-state index in [9.17, 15) is 19.5 Å². The summed E-state index contributed by atoms with van der Waals surface area (Å²) in [5.41, 5.74) is 6.29. The van der Waals surface area contributed by atoms with E-state index in [2.05, 4.69) is 10.9 Å². The van der Waals surface area contributed by atoms with E-state index in [0.29, 0.717) is 5.56 Å². The van der Waals surface area contributed by atoms with Gasteiger partial charge in [0.15, 0.2) is 0 Å². The third kappa shape index (κ3) is 2.73. The number of aliphatic carboxylic acids is 1. The lowest BCUT2D eigenvalue weighted by Crippen LogP contribution is -2.48. The maximum absolute atomic E-state index is 12.4. The zero-order valence-electron chi connectivity index (χ0n) is 13.1. The Balaban J connectivity index is 1.64. The first kappa shape index (κ1) is 16.0. The molecule has 23 heavy (non-hydrogen) atoms.